The first-order chi connectivity index (χ1) is 12.2. The maximum Gasteiger partial charge on any atom is 0.251 e. The van der Waals surface area contributed by atoms with E-state index in [4.69, 9.17) is 0 Å². The molecule has 0 aliphatic heterocycles. The summed E-state index contributed by atoms with van der Waals surface area (Å²) in [6, 6.07) is 14.8. The van der Waals surface area contributed by atoms with Crippen molar-refractivity contribution in [1.82, 2.24) is 10.2 Å². The van der Waals surface area contributed by atoms with E-state index >= 15 is 0 Å². The van der Waals surface area contributed by atoms with Gasteiger partial charge in [0, 0.05) is 18.9 Å². The number of carbonyl (C=O) groups excluding carboxylic acids is 2. The van der Waals surface area contributed by atoms with Gasteiger partial charge in [-0.25, -0.2) is 8.42 Å². The van der Waals surface area contributed by atoms with E-state index in [0.29, 0.717) is 5.56 Å². The van der Waals surface area contributed by atoms with Crippen LogP contribution in [0.4, 0.5) is 0 Å². The van der Waals surface area contributed by atoms with Gasteiger partial charge in [0.1, 0.15) is 0 Å². The fourth-order valence-corrected chi connectivity index (χ4v) is 3.04. The zero-order chi connectivity index (χ0) is 19.3. The van der Waals surface area contributed by atoms with Gasteiger partial charge in [0.05, 0.1) is 17.5 Å². The van der Waals surface area contributed by atoms with Crippen LogP contribution in [0.2, 0.25) is 0 Å². The molecule has 26 heavy (non-hydrogen) atoms. The highest BCUT2D eigenvalue weighted by atomic mass is 32.2. The van der Waals surface area contributed by atoms with Gasteiger partial charge in [-0.05, 0) is 36.8 Å². The largest absolute Gasteiger partial charge is 0.343 e. The van der Waals surface area contributed by atoms with E-state index in [2.05, 4.69) is 5.32 Å². The van der Waals surface area contributed by atoms with Crippen molar-refractivity contribution in [3.05, 3.63) is 65.7 Å². The van der Waals surface area contributed by atoms with Crippen molar-refractivity contribution < 1.29 is 18.0 Å². The van der Waals surface area contributed by atoms with Crippen LogP contribution in [0.15, 0.2) is 59.5 Å². The molecule has 0 aliphatic rings. The van der Waals surface area contributed by atoms with Gasteiger partial charge in [-0.15, -0.1) is 0 Å². The van der Waals surface area contributed by atoms with Crippen LogP contribution in [-0.4, -0.2) is 45.0 Å². The van der Waals surface area contributed by atoms with Gasteiger partial charge in [-0.3, -0.25) is 9.59 Å². The van der Waals surface area contributed by atoms with Crippen LogP contribution in [0.25, 0.3) is 0 Å². The molecule has 0 radical (unpaired) electrons. The van der Waals surface area contributed by atoms with Crippen molar-refractivity contribution >= 4 is 21.7 Å². The van der Waals surface area contributed by atoms with Gasteiger partial charge in [0.15, 0.2) is 9.84 Å². The molecule has 6 nitrogen and oxygen atoms in total. The SMILES string of the molecule is CC(c1ccc(S(C)(=O)=O)cc1)N(C)C(=O)CNC(=O)c1ccccc1. The maximum absolute atomic E-state index is 12.3. The fraction of sp³-hybridized carbons (Fsp3) is 0.263. The Kier molecular flexibility index (Phi) is 6.15. The summed E-state index contributed by atoms with van der Waals surface area (Å²) in [4.78, 5) is 26.1. The lowest BCUT2D eigenvalue weighted by Gasteiger charge is -2.25. The first kappa shape index (κ1) is 19.7. The molecule has 138 valence electrons. The standard InChI is InChI=1S/C19H22N2O4S/c1-14(15-9-11-17(12-10-15)26(3,24)25)21(2)18(22)13-20-19(23)16-7-5-4-6-8-16/h4-12,14H,13H2,1-3H3,(H,20,23). The second-order valence-corrected chi connectivity index (χ2v) is 8.09. The third-order valence-electron chi connectivity index (χ3n) is 4.20. The average Bonchev–Trinajstić information content (AvgIpc) is 2.64. The zero-order valence-corrected chi connectivity index (χ0v) is 15.8. The van der Waals surface area contributed by atoms with Crippen molar-refractivity contribution in [3.8, 4) is 0 Å². The number of amides is 2. The molecule has 1 unspecified atom stereocenters. The Morgan fingerprint density at radius 1 is 1.04 bits per heavy atom. The molecule has 0 saturated heterocycles. The number of hydrogen-bond acceptors (Lipinski definition) is 4. The third-order valence-corrected chi connectivity index (χ3v) is 5.33. The van der Waals surface area contributed by atoms with Crippen LogP contribution < -0.4 is 5.32 Å². The van der Waals surface area contributed by atoms with E-state index in [1.54, 1.807) is 43.4 Å². The molecule has 2 aromatic rings. The molecular weight excluding hydrogens is 352 g/mol. The molecule has 1 N–H and O–H groups in total. The average molecular weight is 374 g/mol. The predicted molar refractivity (Wildman–Crippen MR) is 99.5 cm³/mol. The Balaban J connectivity index is 1.97. The molecule has 0 fully saturated rings. The van der Waals surface area contributed by atoms with E-state index in [1.807, 2.05) is 13.0 Å². The zero-order valence-electron chi connectivity index (χ0n) is 15.0. The van der Waals surface area contributed by atoms with E-state index in [0.717, 1.165) is 11.8 Å². The van der Waals surface area contributed by atoms with E-state index in [-0.39, 0.29) is 29.3 Å². The van der Waals surface area contributed by atoms with Crippen LogP contribution in [-0.2, 0) is 14.6 Å². The Hall–Kier alpha value is -2.67. The predicted octanol–water partition coefficient (Wildman–Crippen LogP) is 2.04. The van der Waals surface area contributed by atoms with Crippen LogP contribution in [0.3, 0.4) is 0 Å². The highest BCUT2D eigenvalue weighted by Crippen LogP contribution is 2.20. The Bertz CT molecular complexity index is 878. The molecule has 0 aromatic heterocycles. The van der Waals surface area contributed by atoms with E-state index < -0.39 is 9.84 Å². The minimum absolute atomic E-state index is 0.115. The Morgan fingerprint density at radius 2 is 1.62 bits per heavy atom. The lowest BCUT2D eigenvalue weighted by molar-refractivity contribution is -0.130. The summed E-state index contributed by atoms with van der Waals surface area (Å²) in [6.07, 6.45) is 1.15. The molecule has 0 bridgehead atoms. The summed E-state index contributed by atoms with van der Waals surface area (Å²) in [5.41, 5.74) is 1.30. The Morgan fingerprint density at radius 3 is 2.15 bits per heavy atom. The minimum Gasteiger partial charge on any atom is -0.343 e. The number of sulfone groups is 1. The van der Waals surface area contributed by atoms with Crippen LogP contribution >= 0.6 is 0 Å². The summed E-state index contributed by atoms with van der Waals surface area (Å²) < 4.78 is 23.0. The van der Waals surface area contributed by atoms with Crippen LogP contribution in [0, 0.1) is 0 Å². The summed E-state index contributed by atoms with van der Waals surface area (Å²) in [6.45, 7) is 1.72. The molecule has 2 rings (SSSR count). The normalized spacial score (nSPS) is 12.3. The highest BCUT2D eigenvalue weighted by molar-refractivity contribution is 7.90. The number of nitrogens with zero attached hydrogens (tertiary/aromatic N) is 1. The number of likely N-dealkylation sites (N-methyl/N-ethyl adjacent to an activating group) is 1. The number of hydrogen-bond donors (Lipinski definition) is 1. The number of carbonyl (C=O) groups is 2. The van der Waals surface area contributed by atoms with Crippen molar-refractivity contribution in [2.75, 3.05) is 19.8 Å². The van der Waals surface area contributed by atoms with Crippen molar-refractivity contribution in [3.63, 3.8) is 0 Å². The first-order valence-electron chi connectivity index (χ1n) is 8.09. The molecular formula is C19H22N2O4S. The van der Waals surface area contributed by atoms with Crippen molar-refractivity contribution in [2.45, 2.75) is 17.9 Å². The molecule has 1 atom stereocenters. The van der Waals surface area contributed by atoms with Gasteiger partial charge in [-0.2, -0.15) is 0 Å². The summed E-state index contributed by atoms with van der Waals surface area (Å²) in [7, 11) is -1.61. The van der Waals surface area contributed by atoms with Crippen molar-refractivity contribution in [2.24, 2.45) is 0 Å². The lowest BCUT2D eigenvalue weighted by atomic mass is 10.1. The first-order valence-corrected chi connectivity index (χ1v) is 9.98. The van der Waals surface area contributed by atoms with Crippen LogP contribution in [0.5, 0.6) is 0 Å². The molecule has 2 aromatic carbocycles. The number of benzene rings is 2. The second-order valence-electron chi connectivity index (χ2n) is 6.07. The molecule has 7 heteroatoms. The van der Waals surface area contributed by atoms with Gasteiger partial charge in [0.25, 0.3) is 5.91 Å². The van der Waals surface area contributed by atoms with E-state index in [1.165, 1.54) is 17.0 Å². The van der Waals surface area contributed by atoms with Gasteiger partial charge in [-0.1, -0.05) is 30.3 Å². The van der Waals surface area contributed by atoms with Crippen LogP contribution in [0.1, 0.15) is 28.9 Å². The number of nitrogens with one attached hydrogen (secondary N) is 1. The van der Waals surface area contributed by atoms with E-state index in [9.17, 15) is 18.0 Å². The highest BCUT2D eigenvalue weighted by Gasteiger charge is 2.19. The molecule has 0 saturated carbocycles. The maximum atomic E-state index is 12.3. The van der Waals surface area contributed by atoms with Gasteiger partial charge >= 0.3 is 0 Å². The fourth-order valence-electron chi connectivity index (χ4n) is 2.41. The minimum atomic E-state index is -3.25. The summed E-state index contributed by atoms with van der Waals surface area (Å²) in [5, 5.41) is 2.61. The monoisotopic (exact) mass is 374 g/mol. The molecule has 2 amide bonds. The molecule has 0 spiro atoms. The molecule has 0 aliphatic carbocycles. The number of rotatable bonds is 6. The van der Waals surface area contributed by atoms with Crippen molar-refractivity contribution in [1.29, 1.82) is 0 Å². The summed E-state index contributed by atoms with van der Waals surface area (Å²) >= 11 is 0. The summed E-state index contributed by atoms with van der Waals surface area (Å²) in [5.74, 6) is -0.550. The quantitative estimate of drug-likeness (QED) is 0.839. The Labute approximate surface area is 153 Å². The molecule has 0 heterocycles. The smallest absolute Gasteiger partial charge is 0.251 e. The van der Waals surface area contributed by atoms with Gasteiger partial charge < -0.3 is 10.2 Å². The third kappa shape index (κ3) is 4.92. The second kappa shape index (κ2) is 8.14. The van der Waals surface area contributed by atoms with Gasteiger partial charge in [0.2, 0.25) is 5.91 Å². The topological polar surface area (TPSA) is 83.6 Å². The lowest BCUT2D eigenvalue weighted by Crippen LogP contribution is -2.39.